The first kappa shape index (κ1) is 23.3. The van der Waals surface area contributed by atoms with E-state index in [9.17, 15) is 14.9 Å². The third kappa shape index (κ3) is 5.04. The molecule has 0 aliphatic carbocycles. The minimum absolute atomic E-state index is 0.0226. The fourth-order valence-electron chi connectivity index (χ4n) is 3.46. The minimum atomic E-state index is -0.651. The molecule has 0 saturated carbocycles. The average molecular weight is 466 g/mol. The molecule has 0 fully saturated rings. The largest absolute Gasteiger partial charge is 0.497 e. The zero-order chi connectivity index (χ0) is 24.9. The van der Waals surface area contributed by atoms with Gasteiger partial charge in [0, 0.05) is 11.9 Å². The zero-order valence-electron chi connectivity index (χ0n) is 19.4. The second kappa shape index (κ2) is 9.93. The summed E-state index contributed by atoms with van der Waals surface area (Å²) >= 11 is 0. The summed E-state index contributed by atoms with van der Waals surface area (Å²) in [5.74, 6) is 0.375. The molecule has 2 aromatic carbocycles. The fourth-order valence-corrected chi connectivity index (χ4v) is 3.46. The van der Waals surface area contributed by atoms with Crippen LogP contribution in [0.5, 0.6) is 17.4 Å². The monoisotopic (exact) mass is 466 g/mol. The number of nitrogens with one attached hydrogen (secondary N) is 1. The van der Waals surface area contributed by atoms with Crippen LogP contribution in [0.3, 0.4) is 0 Å². The number of ether oxygens (including phenoxy) is 2. The van der Waals surface area contributed by atoms with E-state index in [0.29, 0.717) is 22.8 Å². The van der Waals surface area contributed by atoms with E-state index in [0.717, 1.165) is 11.1 Å². The molecular formula is C27H22N4O4. The van der Waals surface area contributed by atoms with Gasteiger partial charge in [0.2, 0.25) is 5.88 Å². The summed E-state index contributed by atoms with van der Waals surface area (Å²) in [6.07, 6.45) is 2.78. The smallest absolute Gasteiger partial charge is 0.269 e. The lowest BCUT2D eigenvalue weighted by Crippen LogP contribution is -2.20. The van der Waals surface area contributed by atoms with Crippen molar-refractivity contribution in [3.63, 3.8) is 0 Å². The second-order valence-corrected chi connectivity index (χ2v) is 7.79. The SMILES string of the molecule is COc1ccc(Oc2nc3c(C)cccn3c(=O)c2/C=C(/C#N)C(=O)Nc2cccc(C)c2)cc1. The first-order chi connectivity index (χ1) is 16.9. The molecule has 4 rings (SSSR count). The number of nitrogens with zero attached hydrogens (tertiary/aromatic N) is 3. The van der Waals surface area contributed by atoms with E-state index < -0.39 is 11.5 Å². The van der Waals surface area contributed by atoms with Gasteiger partial charge in [0.05, 0.1) is 7.11 Å². The number of amides is 1. The molecule has 0 radical (unpaired) electrons. The summed E-state index contributed by atoms with van der Waals surface area (Å²) in [5.41, 5.74) is 1.89. The Morgan fingerprint density at radius 1 is 1.09 bits per heavy atom. The van der Waals surface area contributed by atoms with E-state index >= 15 is 0 Å². The number of hydrogen-bond donors (Lipinski definition) is 1. The summed E-state index contributed by atoms with van der Waals surface area (Å²) in [4.78, 5) is 30.8. The van der Waals surface area contributed by atoms with Crippen molar-refractivity contribution in [3.8, 4) is 23.4 Å². The predicted molar refractivity (Wildman–Crippen MR) is 133 cm³/mol. The topological polar surface area (TPSA) is 106 Å². The number of aromatic nitrogens is 2. The van der Waals surface area contributed by atoms with Crippen molar-refractivity contribution in [1.82, 2.24) is 9.38 Å². The summed E-state index contributed by atoms with van der Waals surface area (Å²) in [6, 6.07) is 19.4. The number of pyridine rings is 1. The van der Waals surface area contributed by atoms with Gasteiger partial charge in [-0.2, -0.15) is 10.2 Å². The van der Waals surface area contributed by atoms with Crippen LogP contribution in [0.1, 0.15) is 16.7 Å². The lowest BCUT2D eigenvalue weighted by molar-refractivity contribution is -0.112. The second-order valence-electron chi connectivity index (χ2n) is 7.79. The van der Waals surface area contributed by atoms with Crippen molar-refractivity contribution < 1.29 is 14.3 Å². The van der Waals surface area contributed by atoms with Gasteiger partial charge in [0.15, 0.2) is 0 Å². The quantitative estimate of drug-likeness (QED) is 0.327. The molecule has 2 heterocycles. The minimum Gasteiger partial charge on any atom is -0.497 e. The first-order valence-corrected chi connectivity index (χ1v) is 10.7. The normalized spacial score (nSPS) is 11.1. The number of fused-ring (bicyclic) bond motifs is 1. The molecule has 2 aromatic heterocycles. The van der Waals surface area contributed by atoms with Crippen LogP contribution < -0.4 is 20.3 Å². The number of aryl methyl sites for hydroxylation is 2. The maximum Gasteiger partial charge on any atom is 0.269 e. The van der Waals surface area contributed by atoms with Gasteiger partial charge in [-0.15, -0.1) is 0 Å². The van der Waals surface area contributed by atoms with E-state index in [1.165, 1.54) is 10.5 Å². The number of hydrogen-bond acceptors (Lipinski definition) is 6. The van der Waals surface area contributed by atoms with E-state index in [1.54, 1.807) is 61.8 Å². The number of anilines is 1. The lowest BCUT2D eigenvalue weighted by atomic mass is 10.1. The fraction of sp³-hybridized carbons (Fsp3) is 0.111. The van der Waals surface area contributed by atoms with Crippen LogP contribution in [0, 0.1) is 25.2 Å². The number of nitriles is 1. The van der Waals surface area contributed by atoms with Gasteiger partial charge < -0.3 is 14.8 Å². The molecule has 1 N–H and O–H groups in total. The van der Waals surface area contributed by atoms with Crippen LogP contribution >= 0.6 is 0 Å². The molecule has 0 atom stereocenters. The average Bonchev–Trinajstić information content (AvgIpc) is 2.85. The first-order valence-electron chi connectivity index (χ1n) is 10.7. The number of methoxy groups -OCH3 is 1. The van der Waals surface area contributed by atoms with Gasteiger partial charge in [0.1, 0.15) is 34.4 Å². The van der Waals surface area contributed by atoms with Gasteiger partial charge >= 0.3 is 0 Å². The third-order valence-electron chi connectivity index (χ3n) is 5.25. The molecule has 35 heavy (non-hydrogen) atoms. The van der Waals surface area contributed by atoms with Gasteiger partial charge in [0.25, 0.3) is 11.5 Å². The summed E-state index contributed by atoms with van der Waals surface area (Å²) in [5, 5.41) is 12.4. The lowest BCUT2D eigenvalue weighted by Gasteiger charge is -2.12. The number of rotatable bonds is 6. The molecule has 1 amide bonds. The van der Waals surface area contributed by atoms with Crippen LogP contribution in [0.15, 0.2) is 77.2 Å². The Morgan fingerprint density at radius 2 is 1.83 bits per heavy atom. The summed E-state index contributed by atoms with van der Waals surface area (Å²) in [6.45, 7) is 3.72. The number of carbonyl (C=O) groups is 1. The molecule has 4 aromatic rings. The Balaban J connectivity index is 1.81. The van der Waals surface area contributed by atoms with Crippen LogP contribution in [-0.4, -0.2) is 22.4 Å². The highest BCUT2D eigenvalue weighted by Gasteiger charge is 2.18. The molecule has 0 saturated heterocycles. The maximum absolute atomic E-state index is 13.4. The van der Waals surface area contributed by atoms with Crippen LogP contribution in [0.25, 0.3) is 11.7 Å². The Morgan fingerprint density at radius 3 is 2.51 bits per heavy atom. The molecule has 0 spiro atoms. The van der Waals surface area contributed by atoms with E-state index in [2.05, 4.69) is 10.3 Å². The highest BCUT2D eigenvalue weighted by molar-refractivity contribution is 6.09. The Kier molecular flexibility index (Phi) is 6.60. The predicted octanol–water partition coefficient (Wildman–Crippen LogP) is 4.66. The highest BCUT2D eigenvalue weighted by Crippen LogP contribution is 2.26. The van der Waals surface area contributed by atoms with Crippen molar-refractivity contribution in [2.75, 3.05) is 12.4 Å². The summed E-state index contributed by atoms with van der Waals surface area (Å²) in [7, 11) is 1.55. The van der Waals surface area contributed by atoms with Gasteiger partial charge in [-0.05, 0) is 73.5 Å². The van der Waals surface area contributed by atoms with E-state index in [1.807, 2.05) is 32.0 Å². The van der Waals surface area contributed by atoms with Crippen molar-refractivity contribution in [2.45, 2.75) is 13.8 Å². The van der Waals surface area contributed by atoms with Gasteiger partial charge in [-0.25, -0.2) is 0 Å². The standard InChI is InChI=1S/C27H22N4O4/c1-17-6-4-8-20(14-17)29-25(32)19(16-28)15-23-26(35-22-11-9-21(34-3)10-12-22)30-24-18(2)7-5-13-31(24)27(23)33/h4-15H,1-3H3,(H,29,32)/b19-15-. The Hall–Kier alpha value is -4.90. The van der Waals surface area contributed by atoms with Gasteiger partial charge in [-0.1, -0.05) is 18.2 Å². The van der Waals surface area contributed by atoms with Crippen molar-refractivity contribution in [1.29, 1.82) is 5.26 Å². The van der Waals surface area contributed by atoms with Crippen LogP contribution in [0.2, 0.25) is 0 Å². The summed E-state index contributed by atoms with van der Waals surface area (Å²) < 4.78 is 12.5. The number of benzene rings is 2. The van der Waals surface area contributed by atoms with Crippen LogP contribution in [-0.2, 0) is 4.79 Å². The molecule has 0 aliphatic heterocycles. The molecule has 0 bridgehead atoms. The molecule has 0 unspecified atom stereocenters. The molecule has 0 aliphatic rings. The molecule has 8 nitrogen and oxygen atoms in total. The third-order valence-corrected chi connectivity index (χ3v) is 5.25. The van der Waals surface area contributed by atoms with Crippen molar-refractivity contribution >= 4 is 23.3 Å². The maximum atomic E-state index is 13.4. The van der Waals surface area contributed by atoms with Crippen LogP contribution in [0.4, 0.5) is 5.69 Å². The Bertz CT molecular complexity index is 1550. The van der Waals surface area contributed by atoms with Crippen molar-refractivity contribution in [3.05, 3.63) is 99.5 Å². The number of carbonyl (C=O) groups excluding carboxylic acids is 1. The zero-order valence-corrected chi connectivity index (χ0v) is 19.4. The molecule has 8 heteroatoms. The van der Waals surface area contributed by atoms with Crippen molar-refractivity contribution in [2.24, 2.45) is 0 Å². The Labute approximate surface area is 201 Å². The van der Waals surface area contributed by atoms with E-state index in [-0.39, 0.29) is 17.0 Å². The highest BCUT2D eigenvalue weighted by atomic mass is 16.5. The van der Waals surface area contributed by atoms with Gasteiger partial charge in [-0.3, -0.25) is 14.0 Å². The molecule has 174 valence electrons. The molecular weight excluding hydrogens is 444 g/mol. The van der Waals surface area contributed by atoms with E-state index in [4.69, 9.17) is 9.47 Å².